The first kappa shape index (κ1) is 14.9. The molecule has 1 saturated carbocycles. The maximum absolute atomic E-state index is 11.8. The second-order valence-corrected chi connectivity index (χ2v) is 6.37. The molecule has 1 aromatic rings. The Hall–Kier alpha value is -1.51. The van der Waals surface area contributed by atoms with Crippen molar-refractivity contribution in [1.82, 2.24) is 0 Å². The molecule has 1 fully saturated rings. The average molecular weight is 276 g/mol. The predicted octanol–water partition coefficient (Wildman–Crippen LogP) is 4.25. The first-order valence-corrected chi connectivity index (χ1v) is 7.27. The van der Waals surface area contributed by atoms with E-state index in [-0.39, 0.29) is 11.9 Å². The summed E-state index contributed by atoms with van der Waals surface area (Å²) in [4.78, 5) is 11.8. The van der Waals surface area contributed by atoms with E-state index in [1.807, 2.05) is 12.1 Å². The van der Waals surface area contributed by atoms with Crippen LogP contribution in [0.15, 0.2) is 18.2 Å². The molecule has 0 amide bonds. The van der Waals surface area contributed by atoms with Crippen molar-refractivity contribution in [1.29, 1.82) is 0 Å². The van der Waals surface area contributed by atoms with Gasteiger partial charge in [0.15, 0.2) is 5.78 Å². The Morgan fingerprint density at radius 3 is 2.35 bits per heavy atom. The van der Waals surface area contributed by atoms with Crippen LogP contribution < -0.4 is 9.47 Å². The van der Waals surface area contributed by atoms with Crippen molar-refractivity contribution in [3.8, 4) is 11.5 Å². The molecule has 0 N–H and O–H groups in total. The molecule has 2 rings (SSSR count). The van der Waals surface area contributed by atoms with E-state index < -0.39 is 0 Å². The van der Waals surface area contributed by atoms with Gasteiger partial charge in [-0.05, 0) is 50.2 Å². The van der Waals surface area contributed by atoms with Crippen LogP contribution in [0.4, 0.5) is 0 Å². The van der Waals surface area contributed by atoms with Crippen molar-refractivity contribution in [2.75, 3.05) is 7.11 Å². The van der Waals surface area contributed by atoms with Crippen molar-refractivity contribution >= 4 is 5.78 Å². The Morgan fingerprint density at radius 2 is 1.80 bits per heavy atom. The summed E-state index contributed by atoms with van der Waals surface area (Å²) >= 11 is 0. The number of Topliss-reactive ketones (excluding diaryl/α,β-unsaturated/α-hetero) is 1. The fourth-order valence-electron chi connectivity index (χ4n) is 2.80. The van der Waals surface area contributed by atoms with E-state index in [9.17, 15) is 4.79 Å². The van der Waals surface area contributed by atoms with Crippen LogP contribution in [0.5, 0.6) is 11.5 Å². The molecular formula is C17H24O3. The fourth-order valence-corrected chi connectivity index (χ4v) is 2.80. The molecule has 0 unspecified atom stereocenters. The molecule has 0 heterocycles. The van der Waals surface area contributed by atoms with Crippen molar-refractivity contribution in [3.05, 3.63) is 23.8 Å². The Morgan fingerprint density at radius 1 is 1.20 bits per heavy atom. The maximum atomic E-state index is 11.8. The lowest BCUT2D eigenvalue weighted by Gasteiger charge is -2.34. The topological polar surface area (TPSA) is 35.5 Å². The van der Waals surface area contributed by atoms with E-state index in [1.54, 1.807) is 20.1 Å². The van der Waals surface area contributed by atoms with Crippen molar-refractivity contribution < 1.29 is 14.3 Å². The van der Waals surface area contributed by atoms with Gasteiger partial charge in [-0.25, -0.2) is 0 Å². The summed E-state index contributed by atoms with van der Waals surface area (Å²) in [5.74, 6) is 1.22. The molecule has 0 atom stereocenters. The van der Waals surface area contributed by atoms with E-state index in [0.717, 1.165) is 25.7 Å². The Kier molecular flexibility index (Phi) is 4.36. The van der Waals surface area contributed by atoms with E-state index in [2.05, 4.69) is 13.8 Å². The number of hydrogen-bond donors (Lipinski definition) is 0. The van der Waals surface area contributed by atoms with Gasteiger partial charge in [0, 0.05) is 0 Å². The van der Waals surface area contributed by atoms with Gasteiger partial charge < -0.3 is 9.47 Å². The number of carbonyl (C=O) groups excluding carboxylic acids is 1. The zero-order valence-corrected chi connectivity index (χ0v) is 12.9. The number of rotatable bonds is 4. The monoisotopic (exact) mass is 276 g/mol. The van der Waals surface area contributed by atoms with Gasteiger partial charge in [0.25, 0.3) is 0 Å². The van der Waals surface area contributed by atoms with E-state index in [1.165, 1.54) is 0 Å². The third kappa shape index (κ3) is 3.33. The predicted molar refractivity (Wildman–Crippen MR) is 79.7 cm³/mol. The second kappa shape index (κ2) is 5.86. The van der Waals surface area contributed by atoms with Crippen LogP contribution >= 0.6 is 0 Å². The van der Waals surface area contributed by atoms with Crippen LogP contribution in [0, 0.1) is 5.41 Å². The van der Waals surface area contributed by atoms with Gasteiger partial charge >= 0.3 is 0 Å². The summed E-state index contributed by atoms with van der Waals surface area (Å²) in [6.07, 6.45) is 4.62. The van der Waals surface area contributed by atoms with E-state index in [4.69, 9.17) is 9.47 Å². The van der Waals surface area contributed by atoms with Crippen LogP contribution in [0.25, 0.3) is 0 Å². The Labute approximate surface area is 121 Å². The maximum Gasteiger partial charge on any atom is 0.167 e. The zero-order chi connectivity index (χ0) is 14.8. The van der Waals surface area contributed by atoms with Gasteiger partial charge in [0.1, 0.15) is 17.1 Å². The summed E-state index contributed by atoms with van der Waals surface area (Å²) in [7, 11) is 1.58. The molecule has 0 spiro atoms. The molecule has 1 aliphatic carbocycles. The summed E-state index contributed by atoms with van der Waals surface area (Å²) in [6.45, 7) is 6.15. The second-order valence-electron chi connectivity index (χ2n) is 6.37. The van der Waals surface area contributed by atoms with Crippen LogP contribution in [0.1, 0.15) is 56.8 Å². The summed E-state index contributed by atoms with van der Waals surface area (Å²) < 4.78 is 11.4. The molecule has 20 heavy (non-hydrogen) atoms. The lowest BCUT2D eigenvalue weighted by molar-refractivity contribution is 0.0924. The average Bonchev–Trinajstić information content (AvgIpc) is 2.40. The molecule has 3 nitrogen and oxygen atoms in total. The lowest BCUT2D eigenvalue weighted by atomic mass is 9.76. The third-order valence-corrected chi connectivity index (χ3v) is 4.14. The highest BCUT2D eigenvalue weighted by Crippen LogP contribution is 2.38. The molecule has 0 aliphatic heterocycles. The Balaban J connectivity index is 2.16. The molecule has 0 radical (unpaired) electrons. The van der Waals surface area contributed by atoms with Crippen LogP contribution in [-0.4, -0.2) is 19.0 Å². The number of carbonyl (C=O) groups is 1. The minimum atomic E-state index is -0.0198. The molecule has 1 aliphatic rings. The van der Waals surface area contributed by atoms with Crippen LogP contribution in [0.2, 0.25) is 0 Å². The minimum absolute atomic E-state index is 0.0198. The normalized spacial score (nSPS) is 18.6. The number of ether oxygens (including phenoxy) is 2. The first-order valence-electron chi connectivity index (χ1n) is 7.27. The van der Waals surface area contributed by atoms with Gasteiger partial charge in [-0.2, -0.15) is 0 Å². The molecule has 0 bridgehead atoms. The highest BCUT2D eigenvalue weighted by atomic mass is 16.5. The third-order valence-electron chi connectivity index (χ3n) is 4.14. The minimum Gasteiger partial charge on any atom is -0.496 e. The van der Waals surface area contributed by atoms with Gasteiger partial charge in [-0.3, -0.25) is 4.79 Å². The lowest BCUT2D eigenvalue weighted by Crippen LogP contribution is -2.28. The molecule has 110 valence electrons. The largest absolute Gasteiger partial charge is 0.496 e. The quantitative estimate of drug-likeness (QED) is 0.771. The molecule has 0 aromatic heterocycles. The van der Waals surface area contributed by atoms with Crippen molar-refractivity contribution in [2.24, 2.45) is 5.41 Å². The van der Waals surface area contributed by atoms with Crippen molar-refractivity contribution in [2.45, 2.75) is 52.6 Å². The smallest absolute Gasteiger partial charge is 0.167 e. The highest BCUT2D eigenvalue weighted by Gasteiger charge is 2.28. The summed E-state index contributed by atoms with van der Waals surface area (Å²) in [5.41, 5.74) is 0.970. The zero-order valence-electron chi connectivity index (χ0n) is 12.9. The number of hydrogen-bond acceptors (Lipinski definition) is 3. The Bertz CT molecular complexity index is 481. The van der Waals surface area contributed by atoms with Crippen LogP contribution in [-0.2, 0) is 0 Å². The van der Waals surface area contributed by atoms with Gasteiger partial charge in [0.2, 0.25) is 0 Å². The molecule has 1 aromatic carbocycles. The molecule has 3 heteroatoms. The molecular weight excluding hydrogens is 252 g/mol. The highest BCUT2D eigenvalue weighted by molar-refractivity contribution is 5.99. The number of benzene rings is 1. The SMILES string of the molecule is COc1cccc(OC2CCC(C)(C)CC2)c1C(C)=O. The fraction of sp³-hybridized carbons (Fsp3) is 0.588. The van der Waals surface area contributed by atoms with Gasteiger partial charge in [-0.1, -0.05) is 19.9 Å². The first-order chi connectivity index (χ1) is 9.43. The van der Waals surface area contributed by atoms with Crippen molar-refractivity contribution in [3.63, 3.8) is 0 Å². The van der Waals surface area contributed by atoms with E-state index >= 15 is 0 Å². The number of methoxy groups -OCH3 is 1. The standard InChI is InChI=1S/C17H24O3/c1-12(18)16-14(19-4)6-5-7-15(16)20-13-8-10-17(2,3)11-9-13/h5-7,13H,8-11H2,1-4H3. The van der Waals surface area contributed by atoms with E-state index in [0.29, 0.717) is 22.5 Å². The van der Waals surface area contributed by atoms with Gasteiger partial charge in [-0.15, -0.1) is 0 Å². The number of ketones is 1. The summed E-state index contributed by atoms with van der Waals surface area (Å²) in [5, 5.41) is 0. The van der Waals surface area contributed by atoms with Gasteiger partial charge in [0.05, 0.1) is 13.2 Å². The summed E-state index contributed by atoms with van der Waals surface area (Å²) in [6, 6.07) is 5.53. The molecule has 0 saturated heterocycles. The van der Waals surface area contributed by atoms with Crippen LogP contribution in [0.3, 0.4) is 0 Å².